The van der Waals surface area contributed by atoms with E-state index < -0.39 is 0 Å². The van der Waals surface area contributed by atoms with Gasteiger partial charge in [-0.05, 0) is 37.6 Å². The Labute approximate surface area is 124 Å². The first-order valence-corrected chi connectivity index (χ1v) is 6.94. The molecule has 1 aromatic carbocycles. The number of pyridine rings is 1. The van der Waals surface area contributed by atoms with Crippen molar-refractivity contribution in [2.75, 3.05) is 5.32 Å². The molecular weight excluding hydrogens is 266 g/mol. The number of para-hydroxylation sites is 1. The molecule has 0 saturated heterocycles. The van der Waals surface area contributed by atoms with E-state index in [1.807, 2.05) is 44.2 Å². The molecule has 0 aliphatic carbocycles. The highest BCUT2D eigenvalue weighted by Gasteiger charge is 2.10. The standard InChI is InChI=1S/C16H19N3O2/c1-3-12(2)18-16(20)19-14-10-7-11-17-15(14)21-13-8-5-4-6-9-13/h4-12H,3H2,1-2H3,(H2,18,19,20). The lowest BCUT2D eigenvalue weighted by atomic mass is 10.3. The van der Waals surface area contributed by atoms with Crippen LogP contribution < -0.4 is 15.4 Å². The van der Waals surface area contributed by atoms with Crippen LogP contribution >= 0.6 is 0 Å². The zero-order chi connectivity index (χ0) is 15.1. The third kappa shape index (κ3) is 4.49. The van der Waals surface area contributed by atoms with Gasteiger partial charge < -0.3 is 15.4 Å². The number of benzene rings is 1. The number of nitrogens with one attached hydrogen (secondary N) is 2. The van der Waals surface area contributed by atoms with E-state index in [1.54, 1.807) is 18.3 Å². The molecule has 0 aliphatic heterocycles. The highest BCUT2D eigenvalue weighted by molar-refractivity contribution is 5.90. The van der Waals surface area contributed by atoms with Gasteiger partial charge in [0.25, 0.3) is 0 Å². The fourth-order valence-corrected chi connectivity index (χ4v) is 1.65. The number of anilines is 1. The van der Waals surface area contributed by atoms with Gasteiger partial charge in [-0.2, -0.15) is 0 Å². The van der Waals surface area contributed by atoms with Crippen LogP contribution in [0.5, 0.6) is 11.6 Å². The van der Waals surface area contributed by atoms with Crippen molar-refractivity contribution in [1.29, 1.82) is 0 Å². The number of aromatic nitrogens is 1. The Bertz CT molecular complexity index is 587. The Morgan fingerprint density at radius 1 is 1.24 bits per heavy atom. The molecule has 1 unspecified atom stereocenters. The molecule has 110 valence electrons. The van der Waals surface area contributed by atoms with Crippen molar-refractivity contribution in [2.45, 2.75) is 26.3 Å². The van der Waals surface area contributed by atoms with Crippen molar-refractivity contribution in [3.63, 3.8) is 0 Å². The molecule has 0 aliphatic rings. The van der Waals surface area contributed by atoms with E-state index in [2.05, 4.69) is 15.6 Å². The topological polar surface area (TPSA) is 63.2 Å². The van der Waals surface area contributed by atoms with Crippen molar-refractivity contribution in [3.8, 4) is 11.6 Å². The Balaban J connectivity index is 2.08. The Hall–Kier alpha value is -2.56. The van der Waals surface area contributed by atoms with Crippen molar-refractivity contribution in [1.82, 2.24) is 10.3 Å². The fourth-order valence-electron chi connectivity index (χ4n) is 1.65. The van der Waals surface area contributed by atoms with Gasteiger partial charge in [-0.3, -0.25) is 0 Å². The smallest absolute Gasteiger partial charge is 0.319 e. The number of rotatable bonds is 5. The summed E-state index contributed by atoms with van der Waals surface area (Å²) in [6.45, 7) is 3.96. The second-order valence-electron chi connectivity index (χ2n) is 4.68. The van der Waals surface area contributed by atoms with E-state index in [1.165, 1.54) is 0 Å². The third-order valence-corrected chi connectivity index (χ3v) is 2.97. The highest BCUT2D eigenvalue weighted by atomic mass is 16.5. The molecule has 0 spiro atoms. The molecule has 0 saturated carbocycles. The van der Waals surface area contributed by atoms with Crippen LogP contribution in [0.25, 0.3) is 0 Å². The summed E-state index contributed by atoms with van der Waals surface area (Å²) in [5.41, 5.74) is 0.530. The van der Waals surface area contributed by atoms with Gasteiger partial charge in [0, 0.05) is 12.2 Å². The van der Waals surface area contributed by atoms with E-state index in [4.69, 9.17) is 4.74 Å². The normalized spacial score (nSPS) is 11.5. The minimum absolute atomic E-state index is 0.111. The summed E-state index contributed by atoms with van der Waals surface area (Å²) in [6.07, 6.45) is 2.49. The molecule has 0 radical (unpaired) electrons. The second-order valence-corrected chi connectivity index (χ2v) is 4.68. The summed E-state index contributed by atoms with van der Waals surface area (Å²) >= 11 is 0. The highest BCUT2D eigenvalue weighted by Crippen LogP contribution is 2.26. The molecule has 21 heavy (non-hydrogen) atoms. The minimum Gasteiger partial charge on any atom is -0.437 e. The number of carbonyl (C=O) groups excluding carboxylic acids is 1. The summed E-state index contributed by atoms with van der Waals surface area (Å²) in [6, 6.07) is 12.7. The predicted molar refractivity (Wildman–Crippen MR) is 82.7 cm³/mol. The Morgan fingerprint density at radius 2 is 2.00 bits per heavy atom. The largest absolute Gasteiger partial charge is 0.437 e. The van der Waals surface area contributed by atoms with E-state index in [0.29, 0.717) is 17.3 Å². The first-order valence-electron chi connectivity index (χ1n) is 6.94. The molecule has 2 aromatic rings. The molecule has 2 rings (SSSR count). The number of hydrogen-bond acceptors (Lipinski definition) is 3. The zero-order valence-electron chi connectivity index (χ0n) is 12.2. The van der Waals surface area contributed by atoms with Crippen LogP contribution in [0.4, 0.5) is 10.5 Å². The maximum Gasteiger partial charge on any atom is 0.319 e. The van der Waals surface area contributed by atoms with Crippen molar-refractivity contribution >= 4 is 11.7 Å². The van der Waals surface area contributed by atoms with Crippen molar-refractivity contribution in [2.24, 2.45) is 0 Å². The van der Waals surface area contributed by atoms with Crippen LogP contribution in [0.3, 0.4) is 0 Å². The lowest BCUT2D eigenvalue weighted by molar-refractivity contribution is 0.249. The van der Waals surface area contributed by atoms with E-state index in [-0.39, 0.29) is 12.1 Å². The van der Waals surface area contributed by atoms with Crippen LogP contribution in [0.15, 0.2) is 48.7 Å². The summed E-state index contributed by atoms with van der Waals surface area (Å²) in [4.78, 5) is 16.0. The average Bonchev–Trinajstić information content (AvgIpc) is 2.50. The second kappa shape index (κ2) is 7.28. The lowest BCUT2D eigenvalue weighted by Crippen LogP contribution is -2.35. The summed E-state index contributed by atoms with van der Waals surface area (Å²) in [7, 11) is 0. The van der Waals surface area contributed by atoms with Crippen molar-refractivity contribution in [3.05, 3.63) is 48.7 Å². The molecule has 2 N–H and O–H groups in total. The molecular formula is C16H19N3O2. The van der Waals surface area contributed by atoms with Crippen LogP contribution in [0, 0.1) is 0 Å². The van der Waals surface area contributed by atoms with Crippen LogP contribution in [0.1, 0.15) is 20.3 Å². The lowest BCUT2D eigenvalue weighted by Gasteiger charge is -2.14. The van der Waals surface area contributed by atoms with Gasteiger partial charge in [-0.1, -0.05) is 25.1 Å². The van der Waals surface area contributed by atoms with Crippen molar-refractivity contribution < 1.29 is 9.53 Å². The quantitative estimate of drug-likeness (QED) is 0.878. The van der Waals surface area contributed by atoms with E-state index in [9.17, 15) is 4.79 Å². The minimum atomic E-state index is -0.268. The SMILES string of the molecule is CCC(C)NC(=O)Nc1cccnc1Oc1ccccc1. The molecule has 1 atom stereocenters. The van der Waals surface area contributed by atoms with Crippen LogP contribution in [-0.2, 0) is 0 Å². The Morgan fingerprint density at radius 3 is 2.71 bits per heavy atom. The summed E-state index contributed by atoms with van der Waals surface area (Å²) in [5, 5.41) is 5.59. The third-order valence-electron chi connectivity index (χ3n) is 2.97. The Kier molecular flexibility index (Phi) is 5.15. The molecule has 5 nitrogen and oxygen atoms in total. The monoisotopic (exact) mass is 285 g/mol. The molecule has 2 amide bonds. The molecule has 0 fully saturated rings. The molecule has 1 aromatic heterocycles. The van der Waals surface area contributed by atoms with Crippen LogP contribution in [-0.4, -0.2) is 17.1 Å². The van der Waals surface area contributed by atoms with Gasteiger partial charge >= 0.3 is 6.03 Å². The van der Waals surface area contributed by atoms with E-state index in [0.717, 1.165) is 6.42 Å². The number of urea groups is 1. The molecule has 0 bridgehead atoms. The van der Waals surface area contributed by atoms with E-state index >= 15 is 0 Å². The zero-order valence-corrected chi connectivity index (χ0v) is 12.2. The maximum atomic E-state index is 11.9. The van der Waals surface area contributed by atoms with Gasteiger partial charge in [0.1, 0.15) is 11.4 Å². The summed E-state index contributed by atoms with van der Waals surface area (Å²) < 4.78 is 5.69. The number of ether oxygens (including phenoxy) is 1. The number of nitrogens with zero attached hydrogens (tertiary/aromatic N) is 1. The van der Waals surface area contributed by atoms with Gasteiger partial charge in [0.2, 0.25) is 5.88 Å². The number of hydrogen-bond donors (Lipinski definition) is 2. The first-order chi connectivity index (χ1) is 10.2. The fraction of sp³-hybridized carbons (Fsp3) is 0.250. The molecule has 5 heteroatoms. The van der Waals surface area contributed by atoms with Gasteiger partial charge in [-0.25, -0.2) is 9.78 Å². The first kappa shape index (κ1) is 14.8. The maximum absolute atomic E-state index is 11.9. The average molecular weight is 285 g/mol. The van der Waals surface area contributed by atoms with Gasteiger partial charge in [-0.15, -0.1) is 0 Å². The van der Waals surface area contributed by atoms with Crippen LogP contribution in [0.2, 0.25) is 0 Å². The number of carbonyl (C=O) groups is 1. The predicted octanol–water partition coefficient (Wildman–Crippen LogP) is 3.79. The van der Waals surface area contributed by atoms with Gasteiger partial charge in [0.15, 0.2) is 0 Å². The number of amides is 2. The molecule has 1 heterocycles. The van der Waals surface area contributed by atoms with Gasteiger partial charge in [0.05, 0.1) is 0 Å². The summed E-state index contributed by atoms with van der Waals surface area (Å²) in [5.74, 6) is 1.03.